The predicted octanol–water partition coefficient (Wildman–Crippen LogP) is 2.54. The van der Waals surface area contributed by atoms with Crippen LogP contribution in [0.25, 0.3) is 0 Å². The minimum Gasteiger partial charge on any atom is -0.465 e. The molecule has 1 aliphatic rings. The summed E-state index contributed by atoms with van der Waals surface area (Å²) in [6.07, 6.45) is 3.49. The quantitative estimate of drug-likeness (QED) is 0.608. The second kappa shape index (κ2) is 8.38. The van der Waals surface area contributed by atoms with Crippen LogP contribution in [0.3, 0.4) is 0 Å². The fourth-order valence-corrected chi connectivity index (χ4v) is 2.93. The first-order chi connectivity index (χ1) is 11.8. The highest BCUT2D eigenvalue weighted by Gasteiger charge is 2.29. The van der Waals surface area contributed by atoms with E-state index in [1.54, 1.807) is 17.2 Å². The number of hydrogen-bond acceptors (Lipinski definition) is 5. The number of rotatable bonds is 6. The summed E-state index contributed by atoms with van der Waals surface area (Å²) in [6, 6.07) is 1.72. The van der Waals surface area contributed by atoms with Crippen molar-refractivity contribution in [2.45, 2.75) is 45.8 Å². The van der Waals surface area contributed by atoms with E-state index in [1.807, 2.05) is 20.8 Å². The molecule has 140 valence electrons. The second-order valence-electron chi connectivity index (χ2n) is 7.41. The lowest BCUT2D eigenvalue weighted by Crippen LogP contribution is -2.35. The van der Waals surface area contributed by atoms with E-state index < -0.39 is 5.60 Å². The molecule has 1 aromatic rings. The van der Waals surface area contributed by atoms with Crippen molar-refractivity contribution in [3.05, 3.63) is 23.5 Å². The molecule has 25 heavy (non-hydrogen) atoms. The largest absolute Gasteiger partial charge is 0.465 e. The Labute approximate surface area is 149 Å². The van der Waals surface area contributed by atoms with Crippen LogP contribution in [0.5, 0.6) is 0 Å². The molecule has 0 spiro atoms. The number of ether oxygens (including phenoxy) is 2. The summed E-state index contributed by atoms with van der Waals surface area (Å²) >= 11 is 0. The van der Waals surface area contributed by atoms with Crippen molar-refractivity contribution >= 4 is 12.1 Å². The number of nitrogens with one attached hydrogen (secondary N) is 2. The summed E-state index contributed by atoms with van der Waals surface area (Å²) in [7, 11) is 1.38. The van der Waals surface area contributed by atoms with Crippen LogP contribution >= 0.6 is 0 Å². The van der Waals surface area contributed by atoms with Crippen molar-refractivity contribution in [2.24, 2.45) is 5.92 Å². The zero-order valence-electron chi connectivity index (χ0n) is 15.6. The molecule has 0 radical (unpaired) electrons. The summed E-state index contributed by atoms with van der Waals surface area (Å²) in [5.41, 5.74) is 0.935. The molecule has 1 unspecified atom stereocenters. The van der Waals surface area contributed by atoms with Gasteiger partial charge in [0.15, 0.2) is 0 Å². The van der Waals surface area contributed by atoms with Crippen LogP contribution in [0.4, 0.5) is 4.79 Å². The van der Waals surface area contributed by atoms with E-state index in [0.29, 0.717) is 18.0 Å². The smallest absolute Gasteiger partial charge is 0.410 e. The van der Waals surface area contributed by atoms with Gasteiger partial charge in [-0.3, -0.25) is 0 Å². The Bertz CT molecular complexity index is 591. The minimum atomic E-state index is -0.454. The van der Waals surface area contributed by atoms with Gasteiger partial charge in [-0.05, 0) is 52.1 Å². The van der Waals surface area contributed by atoms with Crippen LogP contribution in [-0.2, 0) is 16.0 Å². The lowest BCUT2D eigenvalue weighted by molar-refractivity contribution is 0.0287. The number of amides is 1. The van der Waals surface area contributed by atoms with Crippen molar-refractivity contribution in [3.63, 3.8) is 0 Å². The standard InChI is InChI=1S/C18H29N3O4/c1-18(2,3)25-17(23)21-10-7-13(12-21)5-8-19-11-15-14(6-9-20-15)16(22)24-4/h6,9,13,19-20H,5,7-8,10-12H2,1-4H3. The Hall–Kier alpha value is -2.02. The van der Waals surface area contributed by atoms with E-state index in [0.717, 1.165) is 38.2 Å². The number of carbonyl (C=O) groups excluding carboxylic acids is 2. The average Bonchev–Trinajstić information content (AvgIpc) is 3.18. The molecule has 2 heterocycles. The number of nitrogens with zero attached hydrogens (tertiary/aromatic N) is 1. The van der Waals surface area contributed by atoms with Crippen molar-refractivity contribution in [3.8, 4) is 0 Å². The Morgan fingerprint density at radius 3 is 2.84 bits per heavy atom. The molecule has 1 amide bonds. The van der Waals surface area contributed by atoms with Gasteiger partial charge in [0.05, 0.1) is 12.7 Å². The first-order valence-corrected chi connectivity index (χ1v) is 8.73. The molecule has 0 bridgehead atoms. The molecule has 1 saturated heterocycles. The molecule has 1 fully saturated rings. The van der Waals surface area contributed by atoms with E-state index in [2.05, 4.69) is 10.3 Å². The normalized spacial score (nSPS) is 17.6. The predicted molar refractivity (Wildman–Crippen MR) is 94.4 cm³/mol. The molecule has 1 atom stereocenters. The maximum atomic E-state index is 12.1. The number of hydrogen-bond donors (Lipinski definition) is 2. The van der Waals surface area contributed by atoms with Gasteiger partial charge in [0, 0.05) is 31.5 Å². The van der Waals surface area contributed by atoms with Crippen molar-refractivity contribution in [1.29, 1.82) is 0 Å². The van der Waals surface area contributed by atoms with E-state index in [9.17, 15) is 9.59 Å². The number of carbonyl (C=O) groups is 2. The monoisotopic (exact) mass is 351 g/mol. The summed E-state index contributed by atoms with van der Waals surface area (Å²) in [5, 5.41) is 3.34. The molecule has 1 aliphatic heterocycles. The summed E-state index contributed by atoms with van der Waals surface area (Å²) in [4.78, 5) is 28.5. The molecule has 0 aliphatic carbocycles. The van der Waals surface area contributed by atoms with E-state index in [-0.39, 0.29) is 12.1 Å². The molecular formula is C18H29N3O4. The third-order valence-electron chi connectivity index (χ3n) is 4.21. The lowest BCUT2D eigenvalue weighted by atomic mass is 10.1. The van der Waals surface area contributed by atoms with E-state index >= 15 is 0 Å². The van der Waals surface area contributed by atoms with E-state index in [1.165, 1.54) is 7.11 Å². The maximum absolute atomic E-state index is 12.1. The number of methoxy groups -OCH3 is 1. The highest BCUT2D eigenvalue weighted by Crippen LogP contribution is 2.21. The van der Waals surface area contributed by atoms with Crippen LogP contribution < -0.4 is 5.32 Å². The van der Waals surface area contributed by atoms with Gasteiger partial charge in [-0.25, -0.2) is 9.59 Å². The van der Waals surface area contributed by atoms with Crippen LogP contribution in [0.1, 0.15) is 49.7 Å². The van der Waals surface area contributed by atoms with Gasteiger partial charge in [0.2, 0.25) is 0 Å². The van der Waals surface area contributed by atoms with Crippen LogP contribution in [0.15, 0.2) is 12.3 Å². The first-order valence-electron chi connectivity index (χ1n) is 8.73. The van der Waals surface area contributed by atoms with Crippen molar-refractivity contribution in [1.82, 2.24) is 15.2 Å². The highest BCUT2D eigenvalue weighted by atomic mass is 16.6. The summed E-state index contributed by atoms with van der Waals surface area (Å²) in [6.45, 7) is 8.55. The number of esters is 1. The SMILES string of the molecule is COC(=O)c1cc[nH]c1CNCCC1CCN(C(=O)OC(C)(C)C)C1. The zero-order valence-corrected chi connectivity index (χ0v) is 15.6. The van der Waals surface area contributed by atoms with Crippen LogP contribution in [0.2, 0.25) is 0 Å². The number of H-pyrrole nitrogens is 1. The van der Waals surface area contributed by atoms with Crippen LogP contribution in [-0.4, -0.2) is 54.3 Å². The molecule has 7 heteroatoms. The molecule has 0 saturated carbocycles. The topological polar surface area (TPSA) is 83.7 Å². The Balaban J connectivity index is 1.69. The Morgan fingerprint density at radius 2 is 2.16 bits per heavy atom. The molecule has 2 N–H and O–H groups in total. The molecule has 1 aromatic heterocycles. The maximum Gasteiger partial charge on any atom is 0.410 e. The number of aromatic amines is 1. The fourth-order valence-electron chi connectivity index (χ4n) is 2.93. The number of aromatic nitrogens is 1. The van der Waals surface area contributed by atoms with Crippen molar-refractivity contribution < 1.29 is 19.1 Å². The van der Waals surface area contributed by atoms with Gasteiger partial charge in [-0.1, -0.05) is 0 Å². The van der Waals surface area contributed by atoms with Gasteiger partial charge in [-0.15, -0.1) is 0 Å². The Morgan fingerprint density at radius 1 is 1.40 bits per heavy atom. The summed E-state index contributed by atoms with van der Waals surface area (Å²) in [5.74, 6) is 0.144. The Kier molecular flexibility index (Phi) is 6.47. The van der Waals surface area contributed by atoms with Gasteiger partial charge >= 0.3 is 12.1 Å². The molecular weight excluding hydrogens is 322 g/mol. The summed E-state index contributed by atoms with van der Waals surface area (Å²) < 4.78 is 10.2. The second-order valence-corrected chi connectivity index (χ2v) is 7.41. The van der Waals surface area contributed by atoms with Crippen molar-refractivity contribution in [2.75, 3.05) is 26.7 Å². The van der Waals surface area contributed by atoms with E-state index in [4.69, 9.17) is 9.47 Å². The third kappa shape index (κ3) is 5.77. The lowest BCUT2D eigenvalue weighted by Gasteiger charge is -2.24. The van der Waals surface area contributed by atoms with Gasteiger partial charge in [0.25, 0.3) is 0 Å². The molecule has 2 rings (SSSR count). The minimum absolute atomic E-state index is 0.225. The van der Waals surface area contributed by atoms with Crippen LogP contribution in [0, 0.1) is 5.92 Å². The number of likely N-dealkylation sites (tertiary alicyclic amines) is 1. The highest BCUT2D eigenvalue weighted by molar-refractivity contribution is 5.90. The van der Waals surface area contributed by atoms with Gasteiger partial charge in [-0.2, -0.15) is 0 Å². The average molecular weight is 351 g/mol. The van der Waals surface area contributed by atoms with Gasteiger partial charge < -0.3 is 24.7 Å². The molecule has 0 aromatic carbocycles. The zero-order chi connectivity index (χ0) is 18.4. The third-order valence-corrected chi connectivity index (χ3v) is 4.21. The first kappa shape index (κ1) is 19.3. The fraction of sp³-hybridized carbons (Fsp3) is 0.667. The van der Waals surface area contributed by atoms with Gasteiger partial charge in [0.1, 0.15) is 5.60 Å². The molecule has 7 nitrogen and oxygen atoms in total.